The molecule has 1 saturated carbocycles. The standard InChI is InChI=1S/C11H22O3/c1-5-11(3,4)14-9-7-8(12)10(9)13-6-2/h8-10,12H,5-7H2,1-4H3. The summed E-state index contributed by atoms with van der Waals surface area (Å²) >= 11 is 0. The first-order valence-electron chi connectivity index (χ1n) is 5.47. The summed E-state index contributed by atoms with van der Waals surface area (Å²) in [6, 6.07) is 0. The van der Waals surface area contributed by atoms with Gasteiger partial charge < -0.3 is 14.6 Å². The summed E-state index contributed by atoms with van der Waals surface area (Å²) in [4.78, 5) is 0. The number of aliphatic hydroxyl groups excluding tert-OH is 1. The lowest BCUT2D eigenvalue weighted by Gasteiger charge is -2.44. The highest BCUT2D eigenvalue weighted by Gasteiger charge is 2.43. The minimum absolute atomic E-state index is 0.0694. The van der Waals surface area contributed by atoms with Gasteiger partial charge in [-0.1, -0.05) is 6.92 Å². The Morgan fingerprint density at radius 2 is 2.00 bits per heavy atom. The van der Waals surface area contributed by atoms with Crippen molar-refractivity contribution in [3.63, 3.8) is 0 Å². The Morgan fingerprint density at radius 1 is 1.36 bits per heavy atom. The number of rotatable bonds is 5. The first-order valence-corrected chi connectivity index (χ1v) is 5.47. The number of aliphatic hydroxyl groups is 1. The van der Waals surface area contributed by atoms with Crippen molar-refractivity contribution in [1.82, 2.24) is 0 Å². The normalized spacial score (nSPS) is 32.8. The van der Waals surface area contributed by atoms with E-state index in [1.54, 1.807) is 0 Å². The third-order valence-corrected chi connectivity index (χ3v) is 2.90. The lowest BCUT2D eigenvalue weighted by Crippen LogP contribution is -2.56. The quantitative estimate of drug-likeness (QED) is 0.738. The van der Waals surface area contributed by atoms with Gasteiger partial charge in [-0.3, -0.25) is 0 Å². The molecule has 0 saturated heterocycles. The van der Waals surface area contributed by atoms with Gasteiger partial charge >= 0.3 is 0 Å². The maximum absolute atomic E-state index is 9.47. The smallest absolute Gasteiger partial charge is 0.110 e. The van der Waals surface area contributed by atoms with E-state index in [0.717, 1.165) is 6.42 Å². The zero-order valence-corrected chi connectivity index (χ0v) is 9.62. The molecule has 0 spiro atoms. The predicted octanol–water partition coefficient (Wildman–Crippen LogP) is 1.73. The van der Waals surface area contributed by atoms with Gasteiger partial charge in [0, 0.05) is 13.0 Å². The van der Waals surface area contributed by atoms with Crippen molar-refractivity contribution < 1.29 is 14.6 Å². The Kier molecular flexibility index (Phi) is 3.93. The molecule has 0 aromatic heterocycles. The van der Waals surface area contributed by atoms with Gasteiger partial charge in [-0.05, 0) is 27.2 Å². The molecule has 0 amide bonds. The first kappa shape index (κ1) is 12.0. The highest BCUT2D eigenvalue weighted by molar-refractivity contribution is 4.93. The van der Waals surface area contributed by atoms with Crippen molar-refractivity contribution in [3.05, 3.63) is 0 Å². The van der Waals surface area contributed by atoms with Gasteiger partial charge in [0.2, 0.25) is 0 Å². The maximum atomic E-state index is 9.47. The fourth-order valence-electron chi connectivity index (χ4n) is 1.58. The molecule has 1 aliphatic carbocycles. The van der Waals surface area contributed by atoms with Crippen LogP contribution in [0.2, 0.25) is 0 Å². The lowest BCUT2D eigenvalue weighted by molar-refractivity contribution is -0.224. The molecule has 3 atom stereocenters. The highest BCUT2D eigenvalue weighted by Crippen LogP contribution is 2.31. The molecule has 3 nitrogen and oxygen atoms in total. The van der Waals surface area contributed by atoms with E-state index in [4.69, 9.17) is 9.47 Å². The van der Waals surface area contributed by atoms with E-state index >= 15 is 0 Å². The molecular weight excluding hydrogens is 180 g/mol. The monoisotopic (exact) mass is 202 g/mol. The minimum Gasteiger partial charge on any atom is -0.390 e. The largest absolute Gasteiger partial charge is 0.390 e. The SMILES string of the molecule is CCOC1C(O)CC1OC(C)(C)CC. The van der Waals surface area contributed by atoms with Gasteiger partial charge in [0.05, 0.1) is 17.8 Å². The van der Waals surface area contributed by atoms with E-state index in [0.29, 0.717) is 13.0 Å². The van der Waals surface area contributed by atoms with Crippen molar-refractivity contribution in [1.29, 1.82) is 0 Å². The van der Waals surface area contributed by atoms with Gasteiger partial charge in [0.1, 0.15) is 6.10 Å². The van der Waals surface area contributed by atoms with Crippen LogP contribution in [0.25, 0.3) is 0 Å². The van der Waals surface area contributed by atoms with E-state index in [1.165, 1.54) is 0 Å². The Morgan fingerprint density at radius 3 is 2.43 bits per heavy atom. The average molecular weight is 202 g/mol. The Labute approximate surface area is 86.4 Å². The molecule has 84 valence electrons. The molecule has 1 aliphatic rings. The molecule has 1 N–H and O–H groups in total. The minimum atomic E-state index is -0.340. The van der Waals surface area contributed by atoms with Crippen LogP contribution in [0.3, 0.4) is 0 Å². The Bertz CT molecular complexity index is 179. The zero-order valence-electron chi connectivity index (χ0n) is 9.62. The number of hydrogen-bond acceptors (Lipinski definition) is 3. The molecule has 1 fully saturated rings. The highest BCUT2D eigenvalue weighted by atomic mass is 16.6. The predicted molar refractivity (Wildman–Crippen MR) is 55.3 cm³/mol. The summed E-state index contributed by atoms with van der Waals surface area (Å²) in [5.74, 6) is 0. The van der Waals surface area contributed by atoms with Crippen molar-refractivity contribution in [3.8, 4) is 0 Å². The van der Waals surface area contributed by atoms with Crippen LogP contribution in [0.5, 0.6) is 0 Å². The van der Waals surface area contributed by atoms with Gasteiger partial charge in [0.15, 0.2) is 0 Å². The summed E-state index contributed by atoms with van der Waals surface area (Å²) in [6.45, 7) is 8.81. The van der Waals surface area contributed by atoms with Gasteiger partial charge in [-0.25, -0.2) is 0 Å². The summed E-state index contributed by atoms with van der Waals surface area (Å²) in [6.07, 6.45) is 1.28. The molecule has 0 aromatic carbocycles. The second-order valence-electron chi connectivity index (χ2n) is 4.49. The van der Waals surface area contributed by atoms with Crippen molar-refractivity contribution in [2.45, 2.75) is 64.4 Å². The van der Waals surface area contributed by atoms with Crippen LogP contribution in [0.4, 0.5) is 0 Å². The van der Waals surface area contributed by atoms with Crippen molar-refractivity contribution in [2.75, 3.05) is 6.61 Å². The van der Waals surface area contributed by atoms with Crippen LogP contribution in [-0.4, -0.2) is 35.6 Å². The summed E-state index contributed by atoms with van der Waals surface area (Å²) in [7, 11) is 0. The fourth-order valence-corrected chi connectivity index (χ4v) is 1.58. The third-order valence-electron chi connectivity index (χ3n) is 2.90. The van der Waals surface area contributed by atoms with Gasteiger partial charge in [-0.15, -0.1) is 0 Å². The summed E-state index contributed by atoms with van der Waals surface area (Å²) in [5.41, 5.74) is -0.111. The molecule has 0 radical (unpaired) electrons. The van der Waals surface area contributed by atoms with Crippen LogP contribution >= 0.6 is 0 Å². The zero-order chi connectivity index (χ0) is 10.8. The van der Waals surface area contributed by atoms with Crippen molar-refractivity contribution >= 4 is 0 Å². The van der Waals surface area contributed by atoms with Crippen LogP contribution < -0.4 is 0 Å². The van der Waals surface area contributed by atoms with Crippen LogP contribution in [-0.2, 0) is 9.47 Å². The van der Waals surface area contributed by atoms with Gasteiger partial charge in [0.25, 0.3) is 0 Å². The Hall–Kier alpha value is -0.120. The molecular formula is C11H22O3. The molecule has 14 heavy (non-hydrogen) atoms. The molecule has 0 aromatic rings. The molecule has 0 aliphatic heterocycles. The molecule has 0 bridgehead atoms. The fraction of sp³-hybridized carbons (Fsp3) is 1.00. The van der Waals surface area contributed by atoms with Gasteiger partial charge in [-0.2, -0.15) is 0 Å². The third kappa shape index (κ3) is 2.69. The second-order valence-corrected chi connectivity index (χ2v) is 4.49. The summed E-state index contributed by atoms with van der Waals surface area (Å²) < 4.78 is 11.3. The maximum Gasteiger partial charge on any atom is 0.110 e. The average Bonchev–Trinajstić information content (AvgIpc) is 2.13. The van der Waals surface area contributed by atoms with E-state index in [1.807, 2.05) is 6.92 Å². The second kappa shape index (κ2) is 4.60. The van der Waals surface area contributed by atoms with E-state index in [2.05, 4.69) is 20.8 Å². The van der Waals surface area contributed by atoms with Crippen LogP contribution in [0.1, 0.15) is 40.5 Å². The van der Waals surface area contributed by atoms with E-state index in [9.17, 15) is 5.11 Å². The van der Waals surface area contributed by atoms with Crippen LogP contribution in [0.15, 0.2) is 0 Å². The van der Waals surface area contributed by atoms with Crippen LogP contribution in [0, 0.1) is 0 Å². The molecule has 3 heteroatoms. The number of hydrogen-bond donors (Lipinski definition) is 1. The number of ether oxygens (including phenoxy) is 2. The lowest BCUT2D eigenvalue weighted by atomic mass is 9.87. The molecule has 1 rings (SSSR count). The first-order chi connectivity index (χ1) is 6.50. The van der Waals surface area contributed by atoms with Crippen molar-refractivity contribution in [2.24, 2.45) is 0 Å². The summed E-state index contributed by atoms with van der Waals surface area (Å²) in [5, 5.41) is 9.47. The molecule has 3 unspecified atom stereocenters. The molecule has 0 heterocycles. The van der Waals surface area contributed by atoms with E-state index in [-0.39, 0.29) is 23.9 Å². The Balaban J connectivity index is 2.39. The van der Waals surface area contributed by atoms with E-state index < -0.39 is 0 Å². The topological polar surface area (TPSA) is 38.7 Å².